The second kappa shape index (κ2) is 5.33. The molecule has 1 N–H and O–H groups in total. The van der Waals surface area contributed by atoms with E-state index in [2.05, 4.69) is 5.32 Å². The number of amides is 1. The summed E-state index contributed by atoms with van der Waals surface area (Å²) in [5, 5.41) is 3.23. The number of nitrogens with zero attached hydrogens (tertiary/aromatic N) is 1. The Hall–Kier alpha value is -1.56. The van der Waals surface area contributed by atoms with Crippen LogP contribution in [-0.2, 0) is 4.79 Å². The predicted octanol–water partition coefficient (Wildman–Crippen LogP) is 2.83. The fraction of sp³-hybridized carbons (Fsp3) is 0.533. The Bertz CT molecular complexity index is 526. The molecule has 1 heterocycles. The van der Waals surface area contributed by atoms with Crippen molar-refractivity contribution in [2.45, 2.75) is 43.8 Å². The summed E-state index contributed by atoms with van der Waals surface area (Å²) in [6, 6.07) is 5.63. The van der Waals surface area contributed by atoms with Crippen LogP contribution >= 0.6 is 0 Å². The molecule has 114 valence electrons. The zero-order valence-corrected chi connectivity index (χ0v) is 11.5. The quantitative estimate of drug-likeness (QED) is 0.930. The van der Waals surface area contributed by atoms with Crippen molar-refractivity contribution in [3.63, 3.8) is 0 Å². The van der Waals surface area contributed by atoms with Gasteiger partial charge in [0.05, 0.1) is 12.1 Å². The third-order valence-electron chi connectivity index (χ3n) is 4.37. The monoisotopic (exact) mass is 298 g/mol. The van der Waals surface area contributed by atoms with Crippen LogP contribution in [0.4, 0.5) is 13.2 Å². The maximum atomic E-state index is 13.0. The molecule has 2 aliphatic rings. The van der Waals surface area contributed by atoms with Crippen LogP contribution in [0.3, 0.4) is 0 Å². The van der Waals surface area contributed by atoms with E-state index in [1.54, 1.807) is 0 Å². The van der Waals surface area contributed by atoms with Gasteiger partial charge < -0.3 is 4.90 Å². The lowest BCUT2D eigenvalue weighted by molar-refractivity contribution is -0.135. The van der Waals surface area contributed by atoms with Gasteiger partial charge in [0.1, 0.15) is 12.0 Å². The number of halogens is 3. The normalized spacial score (nSPS) is 24.5. The van der Waals surface area contributed by atoms with E-state index in [1.165, 1.54) is 29.2 Å². The number of carbonyl (C=O) groups is 1. The van der Waals surface area contributed by atoms with E-state index in [-0.39, 0.29) is 11.7 Å². The molecule has 1 spiro atoms. The van der Waals surface area contributed by atoms with Gasteiger partial charge in [-0.3, -0.25) is 10.1 Å². The van der Waals surface area contributed by atoms with E-state index in [4.69, 9.17) is 0 Å². The molecule has 0 aromatic heterocycles. The molecule has 1 unspecified atom stereocenters. The van der Waals surface area contributed by atoms with E-state index in [1.807, 2.05) is 0 Å². The number of hydrogen-bond acceptors (Lipinski definition) is 2. The first-order valence-corrected chi connectivity index (χ1v) is 7.14. The average Bonchev–Trinajstić information content (AvgIpc) is 3.01. The van der Waals surface area contributed by atoms with Gasteiger partial charge in [0.2, 0.25) is 5.91 Å². The highest BCUT2D eigenvalue weighted by molar-refractivity contribution is 5.89. The minimum absolute atomic E-state index is 0.255. The van der Waals surface area contributed by atoms with Crippen LogP contribution in [0.2, 0.25) is 0 Å². The van der Waals surface area contributed by atoms with Crippen LogP contribution in [0.5, 0.6) is 0 Å². The molecule has 1 aliphatic carbocycles. The van der Waals surface area contributed by atoms with Crippen LogP contribution in [0.1, 0.15) is 37.4 Å². The van der Waals surface area contributed by atoms with Crippen LogP contribution in [0, 0.1) is 5.82 Å². The third-order valence-corrected chi connectivity index (χ3v) is 4.37. The third kappa shape index (κ3) is 2.52. The lowest BCUT2D eigenvalue weighted by Gasteiger charge is -2.24. The first kappa shape index (κ1) is 14.4. The van der Waals surface area contributed by atoms with Crippen molar-refractivity contribution >= 4 is 5.91 Å². The Morgan fingerprint density at radius 2 is 1.86 bits per heavy atom. The number of benzene rings is 1. The summed E-state index contributed by atoms with van der Waals surface area (Å²) in [5.41, 5.74) is -0.0808. The van der Waals surface area contributed by atoms with Gasteiger partial charge in [0, 0.05) is 0 Å². The number of hydrogen-bond donors (Lipinski definition) is 1. The Morgan fingerprint density at radius 3 is 2.43 bits per heavy atom. The van der Waals surface area contributed by atoms with Gasteiger partial charge in [-0.1, -0.05) is 25.0 Å². The van der Waals surface area contributed by atoms with Crippen molar-refractivity contribution in [1.29, 1.82) is 0 Å². The highest BCUT2D eigenvalue weighted by atomic mass is 19.3. The van der Waals surface area contributed by atoms with Gasteiger partial charge in [0.25, 0.3) is 6.43 Å². The summed E-state index contributed by atoms with van der Waals surface area (Å²) < 4.78 is 38.6. The molecule has 1 aromatic carbocycles. The molecular weight excluding hydrogens is 281 g/mol. The Balaban J connectivity index is 1.92. The summed E-state index contributed by atoms with van der Waals surface area (Å²) in [6.45, 7) is -0.602. The Kier molecular flexibility index (Phi) is 3.65. The van der Waals surface area contributed by atoms with Gasteiger partial charge in [-0.25, -0.2) is 13.2 Å². The topological polar surface area (TPSA) is 32.3 Å². The van der Waals surface area contributed by atoms with Crippen LogP contribution in [-0.4, -0.2) is 29.3 Å². The SMILES string of the molecule is O=C1N(CC(F)F)C(c2ccc(F)cc2)NC12CCCC2. The molecule has 1 saturated carbocycles. The van der Waals surface area contributed by atoms with Crippen LogP contribution in [0.25, 0.3) is 0 Å². The van der Waals surface area contributed by atoms with Crippen molar-refractivity contribution in [2.75, 3.05) is 6.54 Å². The van der Waals surface area contributed by atoms with Crippen molar-refractivity contribution in [3.05, 3.63) is 35.6 Å². The zero-order chi connectivity index (χ0) is 15.0. The Labute approximate surface area is 121 Å². The van der Waals surface area contributed by atoms with Crippen LogP contribution in [0.15, 0.2) is 24.3 Å². The maximum Gasteiger partial charge on any atom is 0.255 e. The van der Waals surface area contributed by atoms with Gasteiger partial charge in [-0.2, -0.15) is 0 Å². The molecular formula is C15H17F3N2O. The number of nitrogens with one attached hydrogen (secondary N) is 1. The summed E-state index contributed by atoms with van der Waals surface area (Å²) in [7, 11) is 0. The first-order chi connectivity index (χ1) is 10.0. The first-order valence-electron chi connectivity index (χ1n) is 7.14. The van der Waals surface area contributed by atoms with Crippen molar-refractivity contribution in [3.8, 4) is 0 Å². The standard InChI is InChI=1S/C15H17F3N2O/c16-11-5-3-10(4-6-11)13-19-15(7-1-2-8-15)14(21)20(13)9-12(17)18/h3-6,12-13,19H,1-2,7-9H2. The van der Waals surface area contributed by atoms with E-state index in [0.29, 0.717) is 18.4 Å². The number of carbonyl (C=O) groups excluding carboxylic acids is 1. The fourth-order valence-electron chi connectivity index (χ4n) is 3.38. The smallest absolute Gasteiger partial charge is 0.255 e. The second-order valence-corrected chi connectivity index (χ2v) is 5.74. The van der Waals surface area contributed by atoms with E-state index >= 15 is 0 Å². The molecule has 1 amide bonds. The molecule has 1 saturated heterocycles. The highest BCUT2D eigenvalue weighted by Crippen LogP contribution is 2.41. The average molecular weight is 298 g/mol. The van der Waals surface area contributed by atoms with Gasteiger partial charge in [-0.05, 0) is 30.5 Å². The van der Waals surface area contributed by atoms with E-state index in [0.717, 1.165) is 12.8 Å². The Morgan fingerprint density at radius 1 is 1.24 bits per heavy atom. The van der Waals surface area contributed by atoms with Gasteiger partial charge >= 0.3 is 0 Å². The van der Waals surface area contributed by atoms with Crippen molar-refractivity contribution < 1.29 is 18.0 Å². The molecule has 0 bridgehead atoms. The van der Waals surface area contributed by atoms with Crippen molar-refractivity contribution in [1.82, 2.24) is 10.2 Å². The molecule has 21 heavy (non-hydrogen) atoms. The predicted molar refractivity (Wildman–Crippen MR) is 71.2 cm³/mol. The van der Waals surface area contributed by atoms with E-state index in [9.17, 15) is 18.0 Å². The molecule has 0 radical (unpaired) electrons. The molecule has 2 fully saturated rings. The van der Waals surface area contributed by atoms with Gasteiger partial charge in [0.15, 0.2) is 0 Å². The molecule has 1 atom stereocenters. The maximum absolute atomic E-state index is 13.0. The highest BCUT2D eigenvalue weighted by Gasteiger charge is 2.53. The minimum atomic E-state index is -2.59. The molecule has 3 nitrogen and oxygen atoms in total. The van der Waals surface area contributed by atoms with E-state index < -0.39 is 24.7 Å². The summed E-state index contributed by atoms with van der Waals surface area (Å²) in [4.78, 5) is 13.8. The summed E-state index contributed by atoms with van der Waals surface area (Å²) >= 11 is 0. The lowest BCUT2D eigenvalue weighted by atomic mass is 9.98. The summed E-state index contributed by atoms with van der Waals surface area (Å²) in [5.74, 6) is -0.645. The largest absolute Gasteiger partial charge is 0.316 e. The summed E-state index contributed by atoms with van der Waals surface area (Å²) in [6.07, 6.45) is -0.0260. The number of alkyl halides is 2. The van der Waals surface area contributed by atoms with Crippen molar-refractivity contribution in [2.24, 2.45) is 0 Å². The molecule has 3 rings (SSSR count). The fourth-order valence-corrected chi connectivity index (χ4v) is 3.38. The molecule has 1 aliphatic heterocycles. The minimum Gasteiger partial charge on any atom is -0.316 e. The zero-order valence-electron chi connectivity index (χ0n) is 11.5. The lowest BCUT2D eigenvalue weighted by Crippen LogP contribution is -2.44. The molecule has 1 aromatic rings. The van der Waals surface area contributed by atoms with Crippen LogP contribution < -0.4 is 5.32 Å². The molecule has 6 heteroatoms. The number of rotatable bonds is 3. The van der Waals surface area contributed by atoms with Gasteiger partial charge in [-0.15, -0.1) is 0 Å². The second-order valence-electron chi connectivity index (χ2n) is 5.74.